The number of rotatable bonds is 2. The highest BCUT2D eigenvalue weighted by Crippen LogP contribution is 2.13. The average Bonchev–Trinajstić information content (AvgIpc) is 2.36. The van der Waals surface area contributed by atoms with Gasteiger partial charge in [-0.3, -0.25) is 4.79 Å². The van der Waals surface area contributed by atoms with E-state index >= 15 is 0 Å². The van der Waals surface area contributed by atoms with Crippen LogP contribution >= 0.6 is 0 Å². The van der Waals surface area contributed by atoms with E-state index in [0.29, 0.717) is 6.42 Å². The number of aliphatic carboxylic acids is 1. The number of carboxylic acids is 1. The van der Waals surface area contributed by atoms with Crippen LogP contribution in [0.4, 0.5) is 13.2 Å². The molecule has 11 heteroatoms. The molecule has 1 aliphatic rings. The van der Waals surface area contributed by atoms with Gasteiger partial charge in [0.2, 0.25) is 5.91 Å². The maximum atomic E-state index is 11.5. The molecule has 0 aromatic rings. The van der Waals surface area contributed by atoms with Crippen LogP contribution in [0.1, 0.15) is 13.3 Å². The Bertz CT molecular complexity index is 464. The minimum atomic E-state index is -5.08. The molecule has 0 unspecified atom stereocenters. The van der Waals surface area contributed by atoms with Gasteiger partial charge in [-0.15, -0.1) is 0 Å². The summed E-state index contributed by atoms with van der Waals surface area (Å²) in [6.07, 6.45) is -4.50. The molecule has 0 aromatic heterocycles. The van der Waals surface area contributed by atoms with Crippen molar-refractivity contribution in [1.82, 2.24) is 4.90 Å². The monoisotopic (exact) mass is 334 g/mol. The summed E-state index contributed by atoms with van der Waals surface area (Å²) in [4.78, 5) is 22.0. The molecule has 1 atom stereocenters. The predicted molar refractivity (Wildman–Crippen MR) is 67.2 cm³/mol. The van der Waals surface area contributed by atoms with Gasteiger partial charge in [-0.05, 0) is 6.42 Å². The second-order valence-electron chi connectivity index (χ2n) is 4.29. The van der Waals surface area contributed by atoms with Gasteiger partial charge in [0.05, 0.1) is 17.5 Å². The third-order valence-corrected chi connectivity index (χ3v) is 4.26. The van der Waals surface area contributed by atoms with Gasteiger partial charge in [-0.25, -0.2) is 13.2 Å². The summed E-state index contributed by atoms with van der Waals surface area (Å²) in [6, 6.07) is -0.490. The molecule has 0 saturated carbocycles. The van der Waals surface area contributed by atoms with Gasteiger partial charge >= 0.3 is 12.1 Å². The number of carbonyl (C=O) groups excluding carboxylic acids is 1. The van der Waals surface area contributed by atoms with Crippen molar-refractivity contribution in [2.24, 2.45) is 5.73 Å². The Labute approximate surface area is 119 Å². The van der Waals surface area contributed by atoms with E-state index in [1.165, 1.54) is 4.90 Å². The number of sulfone groups is 1. The van der Waals surface area contributed by atoms with Gasteiger partial charge < -0.3 is 15.7 Å². The molecule has 21 heavy (non-hydrogen) atoms. The van der Waals surface area contributed by atoms with E-state index in [4.69, 9.17) is 15.6 Å². The van der Waals surface area contributed by atoms with E-state index in [9.17, 15) is 26.4 Å². The molecule has 124 valence electrons. The molecule has 1 saturated heterocycles. The first-order chi connectivity index (χ1) is 9.40. The molecule has 1 fully saturated rings. The molecule has 1 rings (SSSR count). The molecular weight excluding hydrogens is 317 g/mol. The van der Waals surface area contributed by atoms with Crippen molar-refractivity contribution in [3.63, 3.8) is 0 Å². The lowest BCUT2D eigenvalue weighted by Gasteiger charge is -2.28. The smallest absolute Gasteiger partial charge is 0.475 e. The zero-order chi connectivity index (χ0) is 16.8. The van der Waals surface area contributed by atoms with Crippen LogP contribution in [-0.4, -0.2) is 67.1 Å². The van der Waals surface area contributed by atoms with E-state index in [-0.39, 0.29) is 30.5 Å². The Balaban J connectivity index is 0.000000486. The summed E-state index contributed by atoms with van der Waals surface area (Å²) < 4.78 is 53.9. The third kappa shape index (κ3) is 7.27. The number of amides is 1. The van der Waals surface area contributed by atoms with Crippen LogP contribution in [-0.2, 0) is 19.4 Å². The molecule has 0 aromatic carbocycles. The van der Waals surface area contributed by atoms with E-state index < -0.39 is 28.0 Å². The van der Waals surface area contributed by atoms with Crippen molar-refractivity contribution in [3.05, 3.63) is 0 Å². The van der Waals surface area contributed by atoms with Gasteiger partial charge in [0, 0.05) is 13.1 Å². The fourth-order valence-corrected chi connectivity index (χ4v) is 2.54. The minimum absolute atomic E-state index is 0.0647. The largest absolute Gasteiger partial charge is 0.490 e. The van der Waals surface area contributed by atoms with Crippen molar-refractivity contribution in [3.8, 4) is 0 Å². The number of hydrogen-bond acceptors (Lipinski definition) is 5. The SMILES string of the molecule is CC[C@H](N)C(=O)N1CCS(=O)(=O)CC1.O=C(O)C(F)(F)F. The standard InChI is InChI=1S/C8H16N2O3S.C2HF3O2/c1-2-7(9)8(11)10-3-5-14(12,13)6-4-10;3-2(4,5)1(6)7/h7H,2-6,9H2,1H3;(H,6,7)/t7-;/m0./s1. The molecule has 1 heterocycles. The topological polar surface area (TPSA) is 118 Å². The van der Waals surface area contributed by atoms with Crippen LogP contribution in [0, 0.1) is 0 Å². The Morgan fingerprint density at radius 2 is 1.67 bits per heavy atom. The Kier molecular flexibility index (Phi) is 7.10. The van der Waals surface area contributed by atoms with Crippen LogP contribution in [0.3, 0.4) is 0 Å². The quantitative estimate of drug-likeness (QED) is 0.710. The molecular formula is C10H17F3N2O5S. The molecule has 0 aliphatic carbocycles. The zero-order valence-corrected chi connectivity index (χ0v) is 12.1. The Hall–Kier alpha value is -1.36. The first-order valence-corrected chi connectivity index (χ1v) is 7.77. The highest BCUT2D eigenvalue weighted by molar-refractivity contribution is 7.91. The summed E-state index contributed by atoms with van der Waals surface area (Å²) in [5, 5.41) is 7.12. The molecule has 0 radical (unpaired) electrons. The molecule has 1 amide bonds. The Morgan fingerprint density at radius 1 is 1.29 bits per heavy atom. The van der Waals surface area contributed by atoms with E-state index in [1.807, 2.05) is 6.92 Å². The summed E-state index contributed by atoms with van der Waals surface area (Å²) in [5.41, 5.74) is 5.57. The normalized spacial score (nSPS) is 19.2. The van der Waals surface area contributed by atoms with E-state index in [1.54, 1.807) is 0 Å². The first-order valence-electron chi connectivity index (χ1n) is 5.95. The number of carbonyl (C=O) groups is 2. The first kappa shape index (κ1) is 19.6. The summed E-state index contributed by atoms with van der Waals surface area (Å²) in [5.74, 6) is -2.76. The van der Waals surface area contributed by atoms with E-state index in [2.05, 4.69) is 0 Å². The molecule has 0 bridgehead atoms. The van der Waals surface area contributed by atoms with E-state index in [0.717, 1.165) is 0 Å². The average molecular weight is 334 g/mol. The summed E-state index contributed by atoms with van der Waals surface area (Å²) in [7, 11) is -2.92. The van der Waals surface area contributed by atoms with Crippen LogP contribution in [0.2, 0.25) is 0 Å². The highest BCUT2D eigenvalue weighted by atomic mass is 32.2. The third-order valence-electron chi connectivity index (χ3n) is 2.66. The molecule has 3 N–H and O–H groups in total. The number of halogens is 3. The molecule has 0 spiro atoms. The van der Waals surface area contributed by atoms with Gasteiger partial charge in [-0.1, -0.05) is 6.92 Å². The maximum Gasteiger partial charge on any atom is 0.490 e. The van der Waals surface area contributed by atoms with Crippen molar-refractivity contribution in [2.75, 3.05) is 24.6 Å². The second kappa shape index (κ2) is 7.59. The van der Waals surface area contributed by atoms with Crippen molar-refractivity contribution in [1.29, 1.82) is 0 Å². The molecule has 7 nitrogen and oxygen atoms in total. The van der Waals surface area contributed by atoms with Gasteiger partial charge in [0.15, 0.2) is 9.84 Å². The number of hydrogen-bond donors (Lipinski definition) is 2. The van der Waals surface area contributed by atoms with Crippen LogP contribution < -0.4 is 5.73 Å². The molecule has 1 aliphatic heterocycles. The fraction of sp³-hybridized carbons (Fsp3) is 0.800. The lowest BCUT2D eigenvalue weighted by molar-refractivity contribution is -0.192. The lowest BCUT2D eigenvalue weighted by Crippen LogP contribution is -2.49. The summed E-state index contributed by atoms with van der Waals surface area (Å²) >= 11 is 0. The van der Waals surface area contributed by atoms with Crippen LogP contribution in [0.5, 0.6) is 0 Å². The number of carboxylic acid groups (broad SMARTS) is 1. The fourth-order valence-electron chi connectivity index (χ4n) is 1.34. The maximum absolute atomic E-state index is 11.5. The summed E-state index contributed by atoms with van der Waals surface area (Å²) in [6.45, 7) is 2.41. The second-order valence-corrected chi connectivity index (χ2v) is 6.60. The van der Waals surface area contributed by atoms with Gasteiger partial charge in [0.25, 0.3) is 0 Å². The van der Waals surface area contributed by atoms with Gasteiger partial charge in [0.1, 0.15) is 0 Å². The highest BCUT2D eigenvalue weighted by Gasteiger charge is 2.38. The van der Waals surface area contributed by atoms with Crippen LogP contribution in [0.25, 0.3) is 0 Å². The van der Waals surface area contributed by atoms with Crippen molar-refractivity contribution in [2.45, 2.75) is 25.6 Å². The zero-order valence-electron chi connectivity index (χ0n) is 11.3. The van der Waals surface area contributed by atoms with Gasteiger partial charge in [-0.2, -0.15) is 13.2 Å². The van der Waals surface area contributed by atoms with Crippen molar-refractivity contribution < 1.29 is 36.3 Å². The number of alkyl halides is 3. The Morgan fingerprint density at radius 3 is 1.95 bits per heavy atom. The minimum Gasteiger partial charge on any atom is -0.475 e. The predicted octanol–water partition coefficient (Wildman–Crippen LogP) is -0.386. The van der Waals surface area contributed by atoms with Crippen LogP contribution in [0.15, 0.2) is 0 Å². The number of nitrogens with zero attached hydrogens (tertiary/aromatic N) is 1. The number of nitrogens with two attached hydrogens (primary N) is 1. The lowest BCUT2D eigenvalue weighted by atomic mass is 10.2. The van der Waals surface area contributed by atoms with Crippen molar-refractivity contribution >= 4 is 21.7 Å².